The van der Waals surface area contributed by atoms with Gasteiger partial charge in [-0.3, -0.25) is 0 Å². The summed E-state index contributed by atoms with van der Waals surface area (Å²) in [5.74, 6) is 0.571. The van der Waals surface area contributed by atoms with Gasteiger partial charge in [-0.05, 0) is 37.6 Å². The number of alkyl halides is 3. The molecular formula is C14H20F3N. The van der Waals surface area contributed by atoms with Gasteiger partial charge in [-0.15, -0.1) is 0 Å². The maximum absolute atomic E-state index is 12.5. The summed E-state index contributed by atoms with van der Waals surface area (Å²) in [7, 11) is 1.87. The molecule has 18 heavy (non-hydrogen) atoms. The molecule has 0 radical (unpaired) electrons. The van der Waals surface area contributed by atoms with Crippen LogP contribution in [0.25, 0.3) is 0 Å². The van der Waals surface area contributed by atoms with Crippen molar-refractivity contribution in [3.63, 3.8) is 0 Å². The van der Waals surface area contributed by atoms with E-state index in [0.717, 1.165) is 17.7 Å². The molecule has 0 aliphatic carbocycles. The summed E-state index contributed by atoms with van der Waals surface area (Å²) < 4.78 is 37.5. The number of nitrogens with one attached hydrogen (secondary N) is 1. The average Bonchev–Trinajstić information content (AvgIpc) is 2.28. The van der Waals surface area contributed by atoms with E-state index in [1.54, 1.807) is 12.1 Å². The lowest BCUT2D eigenvalue weighted by Gasteiger charge is -2.28. The Morgan fingerprint density at radius 2 is 1.50 bits per heavy atom. The predicted molar refractivity (Wildman–Crippen MR) is 67.5 cm³/mol. The van der Waals surface area contributed by atoms with Crippen molar-refractivity contribution in [2.75, 3.05) is 7.05 Å². The van der Waals surface area contributed by atoms with Crippen molar-refractivity contribution in [3.05, 3.63) is 35.4 Å². The molecule has 2 atom stereocenters. The van der Waals surface area contributed by atoms with E-state index in [4.69, 9.17) is 0 Å². The van der Waals surface area contributed by atoms with Crippen molar-refractivity contribution in [2.24, 2.45) is 5.92 Å². The molecule has 0 aliphatic rings. The SMILES string of the molecule is CNC(C)C(c1ccc(C(F)(F)F)cc1)C(C)C. The van der Waals surface area contributed by atoms with Crippen LogP contribution in [-0.4, -0.2) is 13.1 Å². The zero-order chi connectivity index (χ0) is 13.9. The van der Waals surface area contributed by atoms with E-state index in [-0.39, 0.29) is 12.0 Å². The second-order valence-electron chi connectivity index (χ2n) is 4.97. The third kappa shape index (κ3) is 3.48. The Kier molecular flexibility index (Phi) is 4.79. The molecule has 1 rings (SSSR count). The van der Waals surface area contributed by atoms with Crippen LogP contribution in [-0.2, 0) is 6.18 Å². The highest BCUT2D eigenvalue weighted by atomic mass is 19.4. The van der Waals surface area contributed by atoms with Gasteiger partial charge < -0.3 is 5.32 Å². The minimum absolute atomic E-state index is 0.206. The van der Waals surface area contributed by atoms with E-state index >= 15 is 0 Å². The van der Waals surface area contributed by atoms with Crippen molar-refractivity contribution in [1.82, 2.24) is 5.32 Å². The average molecular weight is 259 g/mol. The van der Waals surface area contributed by atoms with Crippen LogP contribution in [0, 0.1) is 5.92 Å². The first-order valence-electron chi connectivity index (χ1n) is 6.11. The zero-order valence-electron chi connectivity index (χ0n) is 11.2. The Bertz CT molecular complexity index is 368. The van der Waals surface area contributed by atoms with Gasteiger partial charge in [0.15, 0.2) is 0 Å². The summed E-state index contributed by atoms with van der Waals surface area (Å²) in [6, 6.07) is 5.71. The fourth-order valence-corrected chi connectivity index (χ4v) is 2.32. The highest BCUT2D eigenvalue weighted by Crippen LogP contribution is 2.32. The van der Waals surface area contributed by atoms with Crippen LogP contribution in [0.3, 0.4) is 0 Å². The van der Waals surface area contributed by atoms with Crippen LogP contribution < -0.4 is 5.32 Å². The minimum Gasteiger partial charge on any atom is -0.317 e. The second-order valence-corrected chi connectivity index (χ2v) is 4.97. The molecule has 1 N–H and O–H groups in total. The first-order chi connectivity index (χ1) is 8.27. The zero-order valence-corrected chi connectivity index (χ0v) is 11.2. The van der Waals surface area contributed by atoms with Crippen LogP contribution in [0.1, 0.15) is 37.8 Å². The van der Waals surface area contributed by atoms with Gasteiger partial charge in [0.05, 0.1) is 5.56 Å². The number of rotatable bonds is 4. The van der Waals surface area contributed by atoms with Crippen molar-refractivity contribution < 1.29 is 13.2 Å². The Labute approximate surface area is 106 Å². The summed E-state index contributed by atoms with van der Waals surface area (Å²) in [5, 5.41) is 3.17. The standard InChI is InChI=1S/C14H20F3N/c1-9(2)13(10(3)18-4)11-5-7-12(8-6-11)14(15,16)17/h5-10,13,18H,1-4H3. The molecule has 1 aromatic carbocycles. The van der Waals surface area contributed by atoms with E-state index in [9.17, 15) is 13.2 Å². The predicted octanol–water partition coefficient (Wildman–Crippen LogP) is 4.05. The molecule has 4 heteroatoms. The summed E-state index contributed by atoms with van der Waals surface area (Å²) >= 11 is 0. The fourth-order valence-electron chi connectivity index (χ4n) is 2.32. The molecule has 0 bridgehead atoms. The van der Waals surface area contributed by atoms with Gasteiger partial charge >= 0.3 is 6.18 Å². The molecule has 0 aliphatic heterocycles. The van der Waals surface area contributed by atoms with Gasteiger partial charge in [-0.2, -0.15) is 13.2 Å². The monoisotopic (exact) mass is 259 g/mol. The number of hydrogen-bond acceptors (Lipinski definition) is 1. The van der Waals surface area contributed by atoms with E-state index in [1.807, 2.05) is 14.0 Å². The molecule has 0 saturated heterocycles. The lowest BCUT2D eigenvalue weighted by atomic mass is 9.83. The van der Waals surface area contributed by atoms with Crippen molar-refractivity contribution >= 4 is 0 Å². The number of hydrogen-bond donors (Lipinski definition) is 1. The van der Waals surface area contributed by atoms with Crippen molar-refractivity contribution in [1.29, 1.82) is 0 Å². The Morgan fingerprint density at radius 1 is 1.00 bits per heavy atom. The minimum atomic E-state index is -4.26. The summed E-state index contributed by atoms with van der Waals surface area (Å²) in [6.07, 6.45) is -4.26. The van der Waals surface area contributed by atoms with Gasteiger partial charge in [0, 0.05) is 12.0 Å². The largest absolute Gasteiger partial charge is 0.416 e. The van der Waals surface area contributed by atoms with Crippen LogP contribution >= 0.6 is 0 Å². The third-order valence-corrected chi connectivity index (χ3v) is 3.34. The summed E-state index contributed by atoms with van der Waals surface area (Å²) in [4.78, 5) is 0. The lowest BCUT2D eigenvalue weighted by molar-refractivity contribution is -0.137. The summed E-state index contributed by atoms with van der Waals surface area (Å²) in [5.41, 5.74) is 0.353. The Hall–Kier alpha value is -1.03. The van der Waals surface area contributed by atoms with Gasteiger partial charge in [-0.25, -0.2) is 0 Å². The van der Waals surface area contributed by atoms with Crippen LogP contribution in [0.15, 0.2) is 24.3 Å². The molecule has 0 heterocycles. The van der Waals surface area contributed by atoms with Gasteiger partial charge in [0.25, 0.3) is 0 Å². The highest BCUT2D eigenvalue weighted by Gasteiger charge is 2.30. The number of benzene rings is 1. The van der Waals surface area contributed by atoms with Crippen LogP contribution in [0.5, 0.6) is 0 Å². The van der Waals surface area contributed by atoms with E-state index in [2.05, 4.69) is 19.2 Å². The molecule has 0 amide bonds. The topological polar surface area (TPSA) is 12.0 Å². The number of likely N-dealkylation sites (N-methyl/N-ethyl adjacent to an activating group) is 1. The molecular weight excluding hydrogens is 239 g/mol. The molecule has 1 nitrogen and oxygen atoms in total. The smallest absolute Gasteiger partial charge is 0.317 e. The van der Waals surface area contributed by atoms with Crippen molar-refractivity contribution in [2.45, 2.75) is 38.9 Å². The molecule has 0 spiro atoms. The van der Waals surface area contributed by atoms with Crippen LogP contribution in [0.2, 0.25) is 0 Å². The highest BCUT2D eigenvalue weighted by molar-refractivity contribution is 5.28. The lowest BCUT2D eigenvalue weighted by Crippen LogP contribution is -2.31. The molecule has 0 saturated carbocycles. The molecule has 2 unspecified atom stereocenters. The van der Waals surface area contributed by atoms with Crippen molar-refractivity contribution in [3.8, 4) is 0 Å². The molecule has 102 valence electrons. The molecule has 0 fully saturated rings. The maximum Gasteiger partial charge on any atom is 0.416 e. The summed E-state index contributed by atoms with van der Waals surface area (Å²) in [6.45, 7) is 6.20. The van der Waals surface area contributed by atoms with Gasteiger partial charge in [-0.1, -0.05) is 26.0 Å². The Morgan fingerprint density at radius 3 is 1.83 bits per heavy atom. The van der Waals surface area contributed by atoms with Gasteiger partial charge in [0.2, 0.25) is 0 Å². The van der Waals surface area contributed by atoms with E-state index in [1.165, 1.54) is 0 Å². The normalized spacial score (nSPS) is 15.8. The van der Waals surface area contributed by atoms with E-state index in [0.29, 0.717) is 5.92 Å². The second kappa shape index (κ2) is 5.74. The Balaban J connectivity index is 3.01. The fraction of sp³-hybridized carbons (Fsp3) is 0.571. The first-order valence-corrected chi connectivity index (χ1v) is 6.11. The third-order valence-electron chi connectivity index (χ3n) is 3.34. The molecule has 0 aromatic heterocycles. The van der Waals surface area contributed by atoms with Gasteiger partial charge in [0.1, 0.15) is 0 Å². The first kappa shape index (κ1) is 15.0. The van der Waals surface area contributed by atoms with Crippen LogP contribution in [0.4, 0.5) is 13.2 Å². The molecule has 1 aromatic rings. The van der Waals surface area contributed by atoms with E-state index < -0.39 is 11.7 Å². The maximum atomic E-state index is 12.5. The number of halogens is 3. The quantitative estimate of drug-likeness (QED) is 0.860.